The highest BCUT2D eigenvalue weighted by molar-refractivity contribution is 5.71. The molecule has 392 valence electrons. The molecular weight excluding hydrogens is 853 g/mol. The summed E-state index contributed by atoms with van der Waals surface area (Å²) in [6.45, 7) is 6.42. The van der Waals surface area contributed by atoms with E-state index in [-0.39, 0.29) is 44.0 Å². The fourth-order valence-electron chi connectivity index (χ4n) is 7.51. The number of hydrogen-bond acceptors (Lipinski definition) is 6. The van der Waals surface area contributed by atoms with Crippen molar-refractivity contribution in [2.75, 3.05) is 13.2 Å². The van der Waals surface area contributed by atoms with Crippen LogP contribution >= 0.6 is 0 Å². The van der Waals surface area contributed by atoms with Crippen molar-refractivity contribution in [1.82, 2.24) is 0 Å². The van der Waals surface area contributed by atoms with Crippen LogP contribution in [-0.4, -0.2) is 37.2 Å². The Bertz CT molecular complexity index is 1420. The predicted octanol–water partition coefficient (Wildman–Crippen LogP) is 19.1. The molecule has 0 radical (unpaired) electrons. The Morgan fingerprint density at radius 1 is 0.319 bits per heavy atom. The Morgan fingerprint density at radius 2 is 0.638 bits per heavy atom. The van der Waals surface area contributed by atoms with Crippen molar-refractivity contribution >= 4 is 17.9 Å². The molecule has 6 heteroatoms. The number of esters is 3. The van der Waals surface area contributed by atoms with Gasteiger partial charge in [0.15, 0.2) is 6.10 Å². The third-order valence-electron chi connectivity index (χ3n) is 11.8. The number of ether oxygens (including phenoxy) is 3. The van der Waals surface area contributed by atoms with Crippen LogP contribution in [-0.2, 0) is 28.6 Å². The molecule has 0 amide bonds. The van der Waals surface area contributed by atoms with Gasteiger partial charge in [0.2, 0.25) is 0 Å². The Labute approximate surface area is 425 Å². The standard InChI is InChI=1S/C63H104O6/c1-4-7-10-13-16-19-22-25-28-31-32-33-36-38-41-44-47-50-53-56-62(65)68-59-60(69-63(66)57-54-51-48-45-42-39-35-30-27-24-21-18-15-12-9-6-3)58-67-61(64)55-52-49-46-43-40-37-34-29-26-23-20-17-14-11-8-5-2/h7,10,16,19,25,28-30,32-35,38-39,41-42,47,50,60H,4-6,8-9,11-15,17-18,20-24,26-27,31,36-37,40,43-46,48-49,51-59H2,1-3H3/b10-7-,19-16-,28-25-,33-32-,34-29-,35-30-,41-38-,42-39-,50-47-. The Kier molecular flexibility index (Phi) is 53.4. The minimum atomic E-state index is -0.828. The smallest absolute Gasteiger partial charge is 0.306 e. The van der Waals surface area contributed by atoms with Gasteiger partial charge in [-0.1, -0.05) is 233 Å². The van der Waals surface area contributed by atoms with Gasteiger partial charge in [-0.15, -0.1) is 0 Å². The number of rotatable bonds is 50. The van der Waals surface area contributed by atoms with E-state index in [1.165, 1.54) is 103 Å². The highest BCUT2D eigenvalue weighted by Crippen LogP contribution is 2.13. The summed E-state index contributed by atoms with van der Waals surface area (Å²) in [5, 5.41) is 0. The van der Waals surface area contributed by atoms with Gasteiger partial charge >= 0.3 is 17.9 Å². The van der Waals surface area contributed by atoms with Crippen molar-refractivity contribution < 1.29 is 28.6 Å². The first-order valence-electron chi connectivity index (χ1n) is 28.4. The van der Waals surface area contributed by atoms with Crippen LogP contribution in [0, 0.1) is 0 Å². The highest BCUT2D eigenvalue weighted by atomic mass is 16.6. The third kappa shape index (κ3) is 54.9. The fraction of sp³-hybridized carbons (Fsp3) is 0.667. The normalized spacial score (nSPS) is 12.9. The van der Waals surface area contributed by atoms with Crippen LogP contribution in [0.4, 0.5) is 0 Å². The number of unbranched alkanes of at least 4 members (excludes halogenated alkanes) is 22. The van der Waals surface area contributed by atoms with E-state index < -0.39 is 6.10 Å². The summed E-state index contributed by atoms with van der Waals surface area (Å²) in [7, 11) is 0. The van der Waals surface area contributed by atoms with Crippen LogP contribution < -0.4 is 0 Å². The monoisotopic (exact) mass is 957 g/mol. The molecule has 1 unspecified atom stereocenters. The molecule has 0 fully saturated rings. The molecule has 0 aliphatic heterocycles. The molecule has 0 bridgehead atoms. The van der Waals surface area contributed by atoms with Crippen molar-refractivity contribution in [2.45, 2.75) is 258 Å². The van der Waals surface area contributed by atoms with Gasteiger partial charge in [0, 0.05) is 19.3 Å². The predicted molar refractivity (Wildman–Crippen MR) is 297 cm³/mol. The minimum absolute atomic E-state index is 0.118. The second-order valence-corrected chi connectivity index (χ2v) is 18.5. The van der Waals surface area contributed by atoms with E-state index in [0.717, 1.165) is 96.3 Å². The van der Waals surface area contributed by atoms with Crippen LogP contribution in [0.2, 0.25) is 0 Å². The molecule has 0 rings (SSSR count). The zero-order valence-electron chi connectivity index (χ0n) is 44.8. The van der Waals surface area contributed by atoms with Gasteiger partial charge < -0.3 is 14.2 Å². The molecule has 0 saturated heterocycles. The Hall–Kier alpha value is -3.93. The van der Waals surface area contributed by atoms with Crippen LogP contribution in [0.15, 0.2) is 109 Å². The topological polar surface area (TPSA) is 78.9 Å². The highest BCUT2D eigenvalue weighted by Gasteiger charge is 2.19. The van der Waals surface area contributed by atoms with Crippen molar-refractivity contribution in [2.24, 2.45) is 0 Å². The quantitative estimate of drug-likeness (QED) is 0.0199. The number of hydrogen-bond donors (Lipinski definition) is 0. The number of carbonyl (C=O) groups is 3. The lowest BCUT2D eigenvalue weighted by atomic mass is 10.1. The lowest BCUT2D eigenvalue weighted by Gasteiger charge is -2.18. The summed E-state index contributed by atoms with van der Waals surface area (Å²) in [5.41, 5.74) is 0. The summed E-state index contributed by atoms with van der Waals surface area (Å²) < 4.78 is 16.8. The van der Waals surface area contributed by atoms with Gasteiger partial charge in [0.05, 0.1) is 0 Å². The number of allylic oxidation sites excluding steroid dienone is 18. The van der Waals surface area contributed by atoms with Crippen molar-refractivity contribution in [3.8, 4) is 0 Å². The number of carbonyl (C=O) groups excluding carboxylic acids is 3. The molecule has 0 N–H and O–H groups in total. The maximum atomic E-state index is 12.8. The van der Waals surface area contributed by atoms with Gasteiger partial charge in [-0.05, 0) is 109 Å². The molecule has 1 atom stereocenters. The molecule has 0 aromatic rings. The zero-order chi connectivity index (χ0) is 50.0. The van der Waals surface area contributed by atoms with Crippen molar-refractivity contribution in [3.05, 3.63) is 109 Å². The lowest BCUT2D eigenvalue weighted by Crippen LogP contribution is -2.30. The summed E-state index contributed by atoms with van der Waals surface area (Å²) in [6, 6.07) is 0. The van der Waals surface area contributed by atoms with Gasteiger partial charge in [-0.2, -0.15) is 0 Å². The van der Waals surface area contributed by atoms with E-state index in [4.69, 9.17) is 14.2 Å². The van der Waals surface area contributed by atoms with E-state index >= 15 is 0 Å². The maximum Gasteiger partial charge on any atom is 0.306 e. The average Bonchev–Trinajstić information content (AvgIpc) is 3.35. The summed E-state index contributed by atoms with van der Waals surface area (Å²) in [4.78, 5) is 38.1. The Morgan fingerprint density at radius 3 is 1.07 bits per heavy atom. The van der Waals surface area contributed by atoms with Crippen molar-refractivity contribution in [3.63, 3.8) is 0 Å². The van der Waals surface area contributed by atoms with Crippen LogP contribution in [0.3, 0.4) is 0 Å². The molecule has 6 nitrogen and oxygen atoms in total. The van der Waals surface area contributed by atoms with Crippen LogP contribution in [0.1, 0.15) is 252 Å². The first-order valence-corrected chi connectivity index (χ1v) is 28.4. The Balaban J connectivity index is 4.56. The van der Waals surface area contributed by atoms with Gasteiger partial charge in [-0.25, -0.2) is 0 Å². The molecule has 0 aromatic heterocycles. The van der Waals surface area contributed by atoms with Crippen LogP contribution in [0.25, 0.3) is 0 Å². The molecule has 0 aliphatic rings. The largest absolute Gasteiger partial charge is 0.462 e. The molecular formula is C63H104O6. The van der Waals surface area contributed by atoms with Gasteiger partial charge in [0.1, 0.15) is 13.2 Å². The molecule has 0 heterocycles. The van der Waals surface area contributed by atoms with E-state index in [1.807, 2.05) is 6.08 Å². The first kappa shape index (κ1) is 65.1. The zero-order valence-corrected chi connectivity index (χ0v) is 44.8. The SMILES string of the molecule is CC/C=C\C/C=C\C/C=C\C/C=C\C/C=C\C/C=C\CCC(=O)OCC(COC(=O)CCCCCCC/C=C\CCCCCCCCC)OC(=O)CCCCC/C=C\C=C/CCCCCCCCC. The minimum Gasteiger partial charge on any atom is -0.462 e. The van der Waals surface area contributed by atoms with E-state index in [1.54, 1.807) is 0 Å². The van der Waals surface area contributed by atoms with Gasteiger partial charge in [-0.3, -0.25) is 14.4 Å². The summed E-state index contributed by atoms with van der Waals surface area (Å²) in [6.07, 6.45) is 76.6. The molecule has 0 saturated carbocycles. The molecule has 0 aliphatic carbocycles. The molecule has 0 spiro atoms. The molecule has 69 heavy (non-hydrogen) atoms. The molecule has 0 aromatic carbocycles. The second-order valence-electron chi connectivity index (χ2n) is 18.5. The average molecular weight is 958 g/mol. The fourth-order valence-corrected chi connectivity index (χ4v) is 7.51. The second kappa shape index (κ2) is 56.7. The summed E-state index contributed by atoms with van der Waals surface area (Å²) >= 11 is 0. The van der Waals surface area contributed by atoms with Gasteiger partial charge in [0.25, 0.3) is 0 Å². The maximum absolute atomic E-state index is 12.8. The van der Waals surface area contributed by atoms with E-state index in [9.17, 15) is 14.4 Å². The van der Waals surface area contributed by atoms with E-state index in [2.05, 4.69) is 124 Å². The van der Waals surface area contributed by atoms with E-state index in [0.29, 0.717) is 19.3 Å². The third-order valence-corrected chi connectivity index (χ3v) is 11.8. The summed E-state index contributed by atoms with van der Waals surface area (Å²) in [5.74, 6) is -1.04. The first-order chi connectivity index (χ1) is 34.0. The van der Waals surface area contributed by atoms with Crippen LogP contribution in [0.5, 0.6) is 0 Å². The van der Waals surface area contributed by atoms with Crippen molar-refractivity contribution in [1.29, 1.82) is 0 Å². The lowest BCUT2D eigenvalue weighted by molar-refractivity contribution is -0.166.